The van der Waals surface area contributed by atoms with Crippen LogP contribution in [0.25, 0.3) is 11.3 Å². The topological polar surface area (TPSA) is 84.3 Å². The number of hydrogen-bond donors (Lipinski definition) is 1. The van der Waals surface area contributed by atoms with Crippen LogP contribution in [0, 0.1) is 0 Å². The summed E-state index contributed by atoms with van der Waals surface area (Å²) in [6, 6.07) is 5.04. The molecule has 6 nitrogen and oxygen atoms in total. The minimum absolute atomic E-state index is 0.469. The zero-order chi connectivity index (χ0) is 11.6. The number of pyridine rings is 1. The molecule has 0 radical (unpaired) electrons. The van der Waals surface area contributed by atoms with Gasteiger partial charge in [0.05, 0.1) is 6.20 Å². The molecule has 0 saturated heterocycles. The van der Waals surface area contributed by atoms with E-state index in [1.54, 1.807) is 18.2 Å². The van der Waals surface area contributed by atoms with E-state index in [0.29, 0.717) is 5.76 Å². The highest BCUT2D eigenvalue weighted by Gasteiger charge is 2.13. The molecule has 0 bridgehead atoms. The van der Waals surface area contributed by atoms with Crippen molar-refractivity contribution in [1.82, 2.24) is 5.16 Å². The lowest BCUT2D eigenvalue weighted by atomic mass is 10.2. The predicted octanol–water partition coefficient (Wildman–Crippen LogP) is 0.474. The molecule has 2 aromatic rings. The number of aromatic nitrogens is 2. The van der Waals surface area contributed by atoms with Crippen molar-refractivity contribution in [2.24, 2.45) is 0 Å². The highest BCUT2D eigenvalue weighted by molar-refractivity contribution is 7.84. The molecule has 0 amide bonds. The summed E-state index contributed by atoms with van der Waals surface area (Å²) in [6.45, 7) is 0. The van der Waals surface area contributed by atoms with Gasteiger partial charge in [0.1, 0.15) is 0 Å². The van der Waals surface area contributed by atoms with Gasteiger partial charge < -0.3 is 4.52 Å². The van der Waals surface area contributed by atoms with Gasteiger partial charge in [0.15, 0.2) is 18.2 Å². The van der Waals surface area contributed by atoms with Gasteiger partial charge in [-0.3, -0.25) is 4.55 Å². The quantitative estimate of drug-likeness (QED) is 0.624. The van der Waals surface area contributed by atoms with Crippen LogP contribution in [0.5, 0.6) is 0 Å². The molecule has 2 aromatic heterocycles. The van der Waals surface area contributed by atoms with Gasteiger partial charge in [-0.1, -0.05) is 5.16 Å². The van der Waals surface area contributed by atoms with Crippen molar-refractivity contribution in [1.29, 1.82) is 0 Å². The van der Waals surface area contributed by atoms with E-state index in [2.05, 4.69) is 5.16 Å². The largest absolute Gasteiger partial charge is 0.356 e. The van der Waals surface area contributed by atoms with Crippen molar-refractivity contribution in [2.45, 2.75) is 5.88 Å². The Labute approximate surface area is 91.9 Å². The molecular weight excluding hydrogens is 232 g/mol. The van der Waals surface area contributed by atoms with Crippen LogP contribution >= 0.6 is 0 Å². The third kappa shape index (κ3) is 2.65. The lowest BCUT2D eigenvalue weighted by Gasteiger charge is -1.95. The fourth-order valence-electron chi connectivity index (χ4n) is 1.26. The molecule has 84 valence electrons. The molecule has 0 atom stereocenters. The maximum atomic E-state index is 10.6. The van der Waals surface area contributed by atoms with Crippen LogP contribution in [0.1, 0.15) is 0 Å². The normalized spacial score (nSPS) is 11.6. The van der Waals surface area contributed by atoms with E-state index in [4.69, 9.17) is 9.08 Å². The second-order valence-electron chi connectivity index (χ2n) is 3.19. The number of rotatable bonds is 3. The molecule has 0 aliphatic carbocycles. The first-order valence-corrected chi connectivity index (χ1v) is 6.01. The molecule has 0 saturated carbocycles. The SMILES string of the molecule is O=S(=O)(O)C[n+]1ccc(-c2ccno2)cc1. The molecule has 1 N–H and O–H groups in total. The van der Waals surface area contributed by atoms with Crippen LogP contribution in [-0.2, 0) is 16.0 Å². The van der Waals surface area contributed by atoms with Crippen molar-refractivity contribution in [2.75, 3.05) is 0 Å². The average molecular weight is 241 g/mol. The summed E-state index contributed by atoms with van der Waals surface area (Å²) >= 11 is 0. The summed E-state index contributed by atoms with van der Waals surface area (Å²) in [5, 5.41) is 3.56. The van der Waals surface area contributed by atoms with Crippen molar-refractivity contribution < 1.29 is 22.1 Å². The second-order valence-corrected chi connectivity index (χ2v) is 4.61. The first kappa shape index (κ1) is 10.8. The van der Waals surface area contributed by atoms with Gasteiger partial charge in [-0.2, -0.15) is 13.0 Å². The van der Waals surface area contributed by atoms with Crippen LogP contribution in [0.15, 0.2) is 41.3 Å². The fourth-order valence-corrected chi connectivity index (χ4v) is 1.81. The minimum atomic E-state index is -4.02. The van der Waals surface area contributed by atoms with Crippen molar-refractivity contribution in [3.8, 4) is 11.3 Å². The molecular formula is C9H9N2O4S+. The second kappa shape index (κ2) is 4.03. The van der Waals surface area contributed by atoms with E-state index < -0.39 is 16.0 Å². The summed E-state index contributed by atoms with van der Waals surface area (Å²) in [6.07, 6.45) is 4.59. The van der Waals surface area contributed by atoms with Gasteiger partial charge in [-0.05, 0) is 0 Å². The summed E-state index contributed by atoms with van der Waals surface area (Å²) in [5.41, 5.74) is 0.782. The summed E-state index contributed by atoms with van der Waals surface area (Å²) in [5.74, 6) is 0.128. The van der Waals surface area contributed by atoms with Crippen LogP contribution in [0.4, 0.5) is 0 Å². The Bertz CT molecular complexity index is 560. The highest BCUT2D eigenvalue weighted by Crippen LogP contribution is 2.15. The lowest BCUT2D eigenvalue weighted by Crippen LogP contribution is -2.36. The molecule has 16 heavy (non-hydrogen) atoms. The Kier molecular flexibility index (Phi) is 2.71. The van der Waals surface area contributed by atoms with Crippen molar-refractivity contribution in [3.05, 3.63) is 36.8 Å². The Morgan fingerprint density at radius 2 is 2.00 bits per heavy atom. The zero-order valence-electron chi connectivity index (χ0n) is 8.15. The molecule has 0 spiro atoms. The number of hydrogen-bond acceptors (Lipinski definition) is 4. The third-order valence-corrected chi connectivity index (χ3v) is 2.55. The maximum absolute atomic E-state index is 10.6. The van der Waals surface area contributed by atoms with Gasteiger partial charge in [-0.25, -0.2) is 0 Å². The average Bonchev–Trinajstić information content (AvgIpc) is 2.69. The monoisotopic (exact) mass is 241 g/mol. The van der Waals surface area contributed by atoms with Gasteiger partial charge in [0, 0.05) is 23.8 Å². The van der Waals surface area contributed by atoms with E-state index in [9.17, 15) is 8.42 Å². The Balaban J connectivity index is 2.24. The van der Waals surface area contributed by atoms with E-state index in [1.165, 1.54) is 23.2 Å². The summed E-state index contributed by atoms with van der Waals surface area (Å²) in [7, 11) is -4.02. The summed E-state index contributed by atoms with van der Waals surface area (Å²) < 4.78 is 36.2. The van der Waals surface area contributed by atoms with Crippen LogP contribution in [-0.4, -0.2) is 18.1 Å². The standard InChI is InChI=1S/C9H8N2O4S/c12-16(13,14)7-11-5-2-8(3-6-11)9-1-4-10-15-9/h1-6H,7H2/p+1. The molecule has 2 rings (SSSR count). The van der Waals surface area contributed by atoms with Gasteiger partial charge >= 0.3 is 10.1 Å². The van der Waals surface area contributed by atoms with E-state index in [1.807, 2.05) is 0 Å². The third-order valence-electron chi connectivity index (χ3n) is 1.93. The van der Waals surface area contributed by atoms with E-state index in [0.717, 1.165) is 5.56 Å². The lowest BCUT2D eigenvalue weighted by molar-refractivity contribution is -0.678. The Hall–Kier alpha value is -1.73. The minimum Gasteiger partial charge on any atom is -0.356 e. The van der Waals surface area contributed by atoms with Crippen LogP contribution in [0.2, 0.25) is 0 Å². The molecule has 0 aliphatic rings. The smallest absolute Gasteiger partial charge is 0.326 e. The van der Waals surface area contributed by atoms with E-state index >= 15 is 0 Å². The van der Waals surface area contributed by atoms with Gasteiger partial charge in [0.25, 0.3) is 5.88 Å². The highest BCUT2D eigenvalue weighted by atomic mass is 32.2. The number of nitrogens with zero attached hydrogens (tertiary/aromatic N) is 2. The molecule has 0 aromatic carbocycles. The molecule has 2 heterocycles. The van der Waals surface area contributed by atoms with E-state index in [-0.39, 0.29) is 0 Å². The van der Waals surface area contributed by atoms with Gasteiger partial charge in [-0.15, -0.1) is 0 Å². The predicted molar refractivity (Wildman–Crippen MR) is 53.7 cm³/mol. The molecule has 7 heteroatoms. The summed E-state index contributed by atoms with van der Waals surface area (Å²) in [4.78, 5) is 0. The van der Waals surface area contributed by atoms with Gasteiger partial charge in [0.2, 0.25) is 0 Å². The Morgan fingerprint density at radius 1 is 1.31 bits per heavy atom. The fraction of sp³-hybridized carbons (Fsp3) is 0.111. The van der Waals surface area contributed by atoms with Crippen molar-refractivity contribution in [3.63, 3.8) is 0 Å². The molecule has 0 unspecified atom stereocenters. The molecule has 0 aliphatic heterocycles. The van der Waals surface area contributed by atoms with Crippen LogP contribution in [0.3, 0.4) is 0 Å². The molecule has 0 fully saturated rings. The van der Waals surface area contributed by atoms with Crippen molar-refractivity contribution >= 4 is 10.1 Å². The maximum Gasteiger partial charge on any atom is 0.326 e. The Morgan fingerprint density at radius 3 is 2.50 bits per heavy atom. The zero-order valence-corrected chi connectivity index (χ0v) is 8.96. The first-order valence-electron chi connectivity index (χ1n) is 4.40. The van der Waals surface area contributed by atoms with Crippen LogP contribution < -0.4 is 4.57 Å². The first-order chi connectivity index (χ1) is 7.54.